The number of carbonyl (C=O) groups is 1. The van der Waals surface area contributed by atoms with Crippen molar-refractivity contribution in [2.45, 2.75) is 19.9 Å². The van der Waals surface area contributed by atoms with Crippen LogP contribution in [0.25, 0.3) is 6.08 Å². The number of hydrogen-bond donors (Lipinski definition) is 0. The van der Waals surface area contributed by atoms with Crippen LogP contribution in [0, 0.1) is 6.92 Å². The highest BCUT2D eigenvalue weighted by Crippen LogP contribution is 2.31. The van der Waals surface area contributed by atoms with Gasteiger partial charge in [-0.25, -0.2) is 9.79 Å². The highest BCUT2D eigenvalue weighted by Gasteiger charge is 2.33. The molecule has 0 unspecified atom stereocenters. The third-order valence-electron chi connectivity index (χ3n) is 5.20. The van der Waals surface area contributed by atoms with Gasteiger partial charge in [0.25, 0.3) is 5.56 Å². The Bertz CT molecular complexity index is 1380. The van der Waals surface area contributed by atoms with Gasteiger partial charge in [-0.05, 0) is 37.6 Å². The molecular weight excluding hydrogens is 416 g/mol. The number of aryl methyl sites for hydroxylation is 2. The number of ether oxygens (including phenoxy) is 2. The predicted molar refractivity (Wildman–Crippen MR) is 117 cm³/mol. The molecule has 160 valence electrons. The van der Waals surface area contributed by atoms with Gasteiger partial charge in [-0.15, -0.1) is 0 Å². The van der Waals surface area contributed by atoms with Gasteiger partial charge in [0.15, 0.2) is 4.80 Å². The van der Waals surface area contributed by atoms with Gasteiger partial charge in [-0.1, -0.05) is 23.5 Å². The molecule has 0 N–H and O–H groups in total. The number of allylic oxidation sites excluding steroid dienone is 1. The number of thiazole rings is 1. The summed E-state index contributed by atoms with van der Waals surface area (Å²) < 4.78 is 14.1. The van der Waals surface area contributed by atoms with E-state index in [1.165, 1.54) is 18.4 Å². The van der Waals surface area contributed by atoms with Gasteiger partial charge in [0, 0.05) is 18.8 Å². The molecule has 3 heterocycles. The van der Waals surface area contributed by atoms with Gasteiger partial charge in [0.2, 0.25) is 0 Å². The van der Waals surface area contributed by atoms with Crippen molar-refractivity contribution < 1.29 is 14.3 Å². The molecule has 0 fully saturated rings. The summed E-state index contributed by atoms with van der Waals surface area (Å²) in [7, 11) is 4.74. The minimum absolute atomic E-state index is 0.221. The quantitative estimate of drug-likeness (QED) is 0.576. The Balaban J connectivity index is 1.97. The lowest BCUT2D eigenvalue weighted by atomic mass is 9.96. The topological polar surface area (TPSA) is 87.7 Å². The Morgan fingerprint density at radius 3 is 2.48 bits per heavy atom. The number of rotatable bonds is 4. The van der Waals surface area contributed by atoms with Crippen molar-refractivity contribution in [3.8, 4) is 5.75 Å². The van der Waals surface area contributed by atoms with Crippen LogP contribution in [-0.4, -0.2) is 34.5 Å². The molecule has 0 saturated carbocycles. The van der Waals surface area contributed by atoms with Crippen LogP contribution in [0.1, 0.15) is 29.8 Å². The number of nitrogens with zero attached hydrogens (tertiary/aromatic N) is 4. The van der Waals surface area contributed by atoms with Gasteiger partial charge in [0.1, 0.15) is 5.75 Å². The second-order valence-electron chi connectivity index (χ2n) is 7.19. The van der Waals surface area contributed by atoms with Crippen LogP contribution in [0.3, 0.4) is 0 Å². The maximum Gasteiger partial charge on any atom is 0.338 e. The summed E-state index contributed by atoms with van der Waals surface area (Å²) in [4.78, 5) is 31.2. The average Bonchev–Trinajstić information content (AvgIpc) is 3.24. The zero-order valence-electron chi connectivity index (χ0n) is 17.9. The summed E-state index contributed by atoms with van der Waals surface area (Å²) in [5, 5.41) is 4.33. The fourth-order valence-electron chi connectivity index (χ4n) is 3.70. The molecule has 0 radical (unpaired) electrons. The van der Waals surface area contributed by atoms with Crippen molar-refractivity contribution in [3.05, 3.63) is 78.2 Å². The van der Waals surface area contributed by atoms with Crippen molar-refractivity contribution in [2.24, 2.45) is 12.0 Å². The number of aromatic nitrogens is 3. The minimum Gasteiger partial charge on any atom is -0.497 e. The summed E-state index contributed by atoms with van der Waals surface area (Å²) in [5.74, 6) is 0.169. The van der Waals surface area contributed by atoms with Crippen LogP contribution < -0.4 is 19.6 Å². The van der Waals surface area contributed by atoms with E-state index in [2.05, 4.69) is 10.1 Å². The highest BCUT2D eigenvalue weighted by molar-refractivity contribution is 7.07. The van der Waals surface area contributed by atoms with E-state index in [0.717, 1.165) is 16.8 Å². The van der Waals surface area contributed by atoms with E-state index in [0.29, 0.717) is 26.4 Å². The molecule has 2 aromatic heterocycles. The molecule has 0 aliphatic carbocycles. The molecule has 8 nitrogen and oxygen atoms in total. The molecule has 31 heavy (non-hydrogen) atoms. The van der Waals surface area contributed by atoms with E-state index in [9.17, 15) is 9.59 Å². The van der Waals surface area contributed by atoms with Crippen molar-refractivity contribution in [3.63, 3.8) is 0 Å². The van der Waals surface area contributed by atoms with E-state index in [1.54, 1.807) is 35.4 Å². The van der Waals surface area contributed by atoms with Crippen LogP contribution in [-0.2, 0) is 16.6 Å². The summed E-state index contributed by atoms with van der Waals surface area (Å²) >= 11 is 1.29. The molecular formula is C22H22N4O4S. The fourth-order valence-corrected chi connectivity index (χ4v) is 4.73. The standard InChI is InChI=1S/C22H22N4O4S/c1-12-15(11-25(3)24-12)10-17-20(27)26-19(14-6-8-16(29-4)9-7-14)18(21(28)30-5)13(2)23-22(26)31-17/h6-11,19H,1-5H3/b17-10+/t19-/m1/s1. The minimum atomic E-state index is -0.647. The SMILES string of the molecule is COC(=O)C1=C(C)N=c2s/c(=C/c3cn(C)nc3C)c(=O)n2[C@@H]1c1ccc(OC)cc1. The first kappa shape index (κ1) is 20.8. The number of esters is 1. The Labute approximate surface area is 182 Å². The van der Waals surface area contributed by atoms with Gasteiger partial charge in [-0.2, -0.15) is 5.10 Å². The van der Waals surface area contributed by atoms with E-state index in [1.807, 2.05) is 38.4 Å². The lowest BCUT2D eigenvalue weighted by Gasteiger charge is -2.24. The highest BCUT2D eigenvalue weighted by atomic mass is 32.1. The Morgan fingerprint density at radius 1 is 1.19 bits per heavy atom. The third-order valence-corrected chi connectivity index (χ3v) is 6.18. The monoisotopic (exact) mass is 438 g/mol. The first-order valence-corrected chi connectivity index (χ1v) is 10.4. The zero-order valence-corrected chi connectivity index (χ0v) is 18.7. The maximum atomic E-state index is 13.5. The number of benzene rings is 1. The van der Waals surface area contributed by atoms with Crippen molar-refractivity contribution in [1.82, 2.24) is 14.3 Å². The van der Waals surface area contributed by atoms with Crippen LogP contribution in [0.5, 0.6) is 5.75 Å². The molecule has 0 spiro atoms. The van der Waals surface area contributed by atoms with Gasteiger partial charge >= 0.3 is 5.97 Å². The second-order valence-corrected chi connectivity index (χ2v) is 8.20. The lowest BCUT2D eigenvalue weighted by molar-refractivity contribution is -0.136. The smallest absolute Gasteiger partial charge is 0.338 e. The largest absolute Gasteiger partial charge is 0.497 e. The molecule has 0 amide bonds. The van der Waals surface area contributed by atoms with E-state index >= 15 is 0 Å². The summed E-state index contributed by atoms with van der Waals surface area (Å²) in [6.45, 7) is 3.65. The normalized spacial score (nSPS) is 16.2. The number of fused-ring (bicyclic) bond motifs is 1. The molecule has 0 saturated heterocycles. The van der Waals surface area contributed by atoms with E-state index in [4.69, 9.17) is 9.47 Å². The maximum absolute atomic E-state index is 13.5. The van der Waals surface area contributed by atoms with Crippen molar-refractivity contribution in [1.29, 1.82) is 0 Å². The van der Waals surface area contributed by atoms with Crippen LogP contribution >= 0.6 is 11.3 Å². The zero-order chi connectivity index (χ0) is 22.3. The number of methoxy groups -OCH3 is 2. The predicted octanol–water partition coefficient (Wildman–Crippen LogP) is 1.46. The third kappa shape index (κ3) is 3.61. The molecule has 1 atom stereocenters. The molecule has 0 bridgehead atoms. The van der Waals surface area contributed by atoms with Gasteiger partial charge < -0.3 is 9.47 Å². The summed E-state index contributed by atoms with van der Waals surface area (Å²) in [6.07, 6.45) is 3.67. The molecule has 4 rings (SSSR count). The van der Waals surface area contributed by atoms with Gasteiger partial charge in [0.05, 0.1) is 41.8 Å². The molecule has 1 aliphatic rings. The summed E-state index contributed by atoms with van der Waals surface area (Å²) in [5.41, 5.74) is 3.09. The first-order valence-electron chi connectivity index (χ1n) is 9.59. The van der Waals surface area contributed by atoms with Crippen molar-refractivity contribution in [2.75, 3.05) is 14.2 Å². The summed E-state index contributed by atoms with van der Waals surface area (Å²) in [6, 6.07) is 6.64. The first-order chi connectivity index (χ1) is 14.8. The molecule has 1 aromatic carbocycles. The van der Waals surface area contributed by atoms with E-state index < -0.39 is 12.0 Å². The molecule has 1 aliphatic heterocycles. The lowest BCUT2D eigenvalue weighted by Crippen LogP contribution is -2.39. The molecule has 3 aromatic rings. The number of carbonyl (C=O) groups excluding carboxylic acids is 1. The molecule has 9 heteroatoms. The Hall–Kier alpha value is -3.46. The van der Waals surface area contributed by atoms with Crippen LogP contribution in [0.15, 0.2) is 51.5 Å². The van der Waals surface area contributed by atoms with Crippen LogP contribution in [0.4, 0.5) is 0 Å². The Kier molecular flexibility index (Phi) is 5.36. The van der Waals surface area contributed by atoms with Crippen molar-refractivity contribution >= 4 is 23.4 Å². The van der Waals surface area contributed by atoms with E-state index in [-0.39, 0.29) is 5.56 Å². The fraction of sp³-hybridized carbons (Fsp3) is 0.273. The average molecular weight is 439 g/mol. The van der Waals surface area contributed by atoms with Crippen LogP contribution in [0.2, 0.25) is 0 Å². The van der Waals surface area contributed by atoms with Gasteiger partial charge in [-0.3, -0.25) is 14.0 Å². The Morgan fingerprint density at radius 2 is 1.90 bits per heavy atom. The number of hydrogen-bond acceptors (Lipinski definition) is 7. The second kappa shape index (κ2) is 7.99.